The highest BCUT2D eigenvalue weighted by Crippen LogP contribution is 2.29. The predicted molar refractivity (Wildman–Crippen MR) is 97.6 cm³/mol. The van der Waals surface area contributed by atoms with Crippen LogP contribution < -0.4 is 15.4 Å². The Bertz CT molecular complexity index is 984. The molecule has 0 aliphatic heterocycles. The number of nitrogens with zero attached hydrogens (tertiary/aromatic N) is 2. The van der Waals surface area contributed by atoms with Crippen molar-refractivity contribution in [2.75, 3.05) is 17.7 Å². The molecule has 1 heterocycles. The molecular formula is C18H13ClF2N4O2. The first-order chi connectivity index (χ1) is 13.0. The van der Waals surface area contributed by atoms with Gasteiger partial charge in [-0.25, -0.2) is 18.7 Å². The van der Waals surface area contributed by atoms with Crippen LogP contribution in [0.1, 0.15) is 10.4 Å². The van der Waals surface area contributed by atoms with Crippen LogP contribution >= 0.6 is 11.6 Å². The maximum Gasteiger partial charge on any atom is 0.258 e. The highest BCUT2D eigenvalue weighted by molar-refractivity contribution is 6.31. The largest absolute Gasteiger partial charge is 0.495 e. The van der Waals surface area contributed by atoms with E-state index in [-0.39, 0.29) is 17.2 Å². The number of nitrogens with one attached hydrogen (secondary N) is 2. The van der Waals surface area contributed by atoms with Crippen LogP contribution in [0.3, 0.4) is 0 Å². The molecule has 0 aliphatic carbocycles. The van der Waals surface area contributed by atoms with Crippen LogP contribution in [0.25, 0.3) is 0 Å². The number of hydrogen-bond acceptors (Lipinski definition) is 5. The summed E-state index contributed by atoms with van der Waals surface area (Å²) in [6, 6.07) is 8.07. The van der Waals surface area contributed by atoms with Crippen molar-refractivity contribution in [2.24, 2.45) is 0 Å². The van der Waals surface area contributed by atoms with Gasteiger partial charge in [-0.15, -0.1) is 0 Å². The highest BCUT2D eigenvalue weighted by Gasteiger charge is 2.11. The summed E-state index contributed by atoms with van der Waals surface area (Å²) in [6.45, 7) is 0. The van der Waals surface area contributed by atoms with E-state index in [0.29, 0.717) is 16.5 Å². The molecule has 0 saturated carbocycles. The summed E-state index contributed by atoms with van der Waals surface area (Å²) in [7, 11) is 1.51. The van der Waals surface area contributed by atoms with E-state index in [9.17, 15) is 13.6 Å². The van der Waals surface area contributed by atoms with Crippen LogP contribution in [0.15, 0.2) is 48.8 Å². The van der Waals surface area contributed by atoms with Crippen molar-refractivity contribution < 1.29 is 18.3 Å². The Kier molecular flexibility index (Phi) is 5.46. The molecule has 0 bridgehead atoms. The number of carbonyl (C=O) groups excluding carboxylic acids is 1. The molecule has 3 aromatic rings. The number of ether oxygens (including phenoxy) is 1. The maximum atomic E-state index is 13.2. The summed E-state index contributed by atoms with van der Waals surface area (Å²) in [4.78, 5) is 20.3. The van der Waals surface area contributed by atoms with Gasteiger partial charge in [0.1, 0.15) is 5.75 Å². The van der Waals surface area contributed by atoms with E-state index in [1.807, 2.05) is 0 Å². The zero-order valence-corrected chi connectivity index (χ0v) is 14.7. The molecule has 0 spiro atoms. The van der Waals surface area contributed by atoms with E-state index in [1.165, 1.54) is 25.6 Å². The van der Waals surface area contributed by atoms with Gasteiger partial charge in [-0.1, -0.05) is 11.6 Å². The van der Waals surface area contributed by atoms with Crippen molar-refractivity contribution in [3.63, 3.8) is 0 Å². The SMILES string of the molecule is COc1ccc(Cl)cc1Nc1ncc(C(=O)Nc2ccc(F)c(F)c2)cn1. The minimum atomic E-state index is -1.06. The lowest BCUT2D eigenvalue weighted by Gasteiger charge is -2.10. The fourth-order valence-electron chi connectivity index (χ4n) is 2.19. The lowest BCUT2D eigenvalue weighted by Crippen LogP contribution is -2.13. The van der Waals surface area contributed by atoms with Gasteiger partial charge in [-0.3, -0.25) is 4.79 Å². The molecule has 0 saturated heterocycles. The van der Waals surface area contributed by atoms with Crippen LogP contribution in [0.4, 0.5) is 26.1 Å². The number of rotatable bonds is 5. The smallest absolute Gasteiger partial charge is 0.258 e. The third-order valence-corrected chi connectivity index (χ3v) is 3.73. The van der Waals surface area contributed by atoms with Crippen molar-refractivity contribution in [1.82, 2.24) is 9.97 Å². The minimum Gasteiger partial charge on any atom is -0.495 e. The zero-order chi connectivity index (χ0) is 19.4. The molecule has 0 aliphatic rings. The summed E-state index contributed by atoms with van der Waals surface area (Å²) < 4.78 is 31.4. The summed E-state index contributed by atoms with van der Waals surface area (Å²) in [6.07, 6.45) is 2.59. The number of anilines is 3. The molecular weight excluding hydrogens is 378 g/mol. The van der Waals surface area contributed by atoms with Gasteiger partial charge in [-0.2, -0.15) is 0 Å². The van der Waals surface area contributed by atoms with E-state index in [4.69, 9.17) is 16.3 Å². The van der Waals surface area contributed by atoms with E-state index < -0.39 is 17.5 Å². The second kappa shape index (κ2) is 7.96. The molecule has 2 aromatic carbocycles. The van der Waals surface area contributed by atoms with Crippen molar-refractivity contribution in [3.05, 3.63) is 71.0 Å². The molecule has 0 atom stereocenters. The number of aromatic nitrogens is 2. The maximum absolute atomic E-state index is 13.2. The van der Waals surface area contributed by atoms with Gasteiger partial charge in [0, 0.05) is 29.2 Å². The Labute approximate surface area is 158 Å². The molecule has 6 nitrogen and oxygen atoms in total. The van der Waals surface area contributed by atoms with Crippen molar-refractivity contribution in [1.29, 1.82) is 0 Å². The topological polar surface area (TPSA) is 76.1 Å². The van der Waals surface area contributed by atoms with Crippen LogP contribution in [-0.4, -0.2) is 23.0 Å². The van der Waals surface area contributed by atoms with Gasteiger partial charge in [0.2, 0.25) is 5.95 Å². The van der Waals surface area contributed by atoms with Gasteiger partial charge in [0.25, 0.3) is 5.91 Å². The van der Waals surface area contributed by atoms with Crippen LogP contribution in [0, 0.1) is 11.6 Å². The Morgan fingerprint density at radius 1 is 1.07 bits per heavy atom. The van der Waals surface area contributed by atoms with Crippen molar-refractivity contribution >= 4 is 34.8 Å². The second-order valence-corrected chi connectivity index (χ2v) is 5.78. The van der Waals surface area contributed by atoms with Crippen molar-refractivity contribution in [2.45, 2.75) is 0 Å². The van der Waals surface area contributed by atoms with Gasteiger partial charge < -0.3 is 15.4 Å². The molecule has 27 heavy (non-hydrogen) atoms. The monoisotopic (exact) mass is 390 g/mol. The molecule has 1 amide bonds. The molecule has 0 unspecified atom stereocenters. The third-order valence-electron chi connectivity index (χ3n) is 3.50. The van der Waals surface area contributed by atoms with Crippen LogP contribution in [0.5, 0.6) is 5.75 Å². The highest BCUT2D eigenvalue weighted by atomic mass is 35.5. The fraction of sp³-hybridized carbons (Fsp3) is 0.0556. The van der Waals surface area contributed by atoms with E-state index >= 15 is 0 Å². The van der Waals surface area contributed by atoms with Crippen molar-refractivity contribution in [3.8, 4) is 5.75 Å². The molecule has 3 rings (SSSR count). The minimum absolute atomic E-state index is 0.116. The fourth-order valence-corrected chi connectivity index (χ4v) is 2.36. The van der Waals surface area contributed by atoms with E-state index in [0.717, 1.165) is 12.1 Å². The number of methoxy groups -OCH3 is 1. The number of hydrogen-bond donors (Lipinski definition) is 2. The molecule has 138 valence electrons. The zero-order valence-electron chi connectivity index (χ0n) is 14.0. The lowest BCUT2D eigenvalue weighted by atomic mass is 10.2. The quantitative estimate of drug-likeness (QED) is 0.674. The molecule has 1 aromatic heterocycles. The number of halogens is 3. The second-order valence-electron chi connectivity index (χ2n) is 5.35. The Balaban J connectivity index is 1.72. The summed E-state index contributed by atoms with van der Waals surface area (Å²) in [5, 5.41) is 5.88. The molecule has 2 N–H and O–H groups in total. The Morgan fingerprint density at radius 3 is 2.48 bits per heavy atom. The summed E-state index contributed by atoms with van der Waals surface area (Å²) >= 11 is 5.97. The normalized spacial score (nSPS) is 10.4. The standard InChI is InChI=1S/C18H13ClF2N4O2/c1-27-16-5-2-11(19)6-15(16)25-18-22-8-10(9-23-18)17(26)24-12-3-4-13(20)14(21)7-12/h2-9H,1H3,(H,24,26)(H,22,23,25). The molecule has 0 fully saturated rings. The van der Waals surface area contributed by atoms with Gasteiger partial charge >= 0.3 is 0 Å². The molecule has 0 radical (unpaired) electrons. The van der Waals surface area contributed by atoms with Crippen LogP contribution in [0.2, 0.25) is 5.02 Å². The third kappa shape index (κ3) is 4.48. The van der Waals surface area contributed by atoms with Gasteiger partial charge in [0.05, 0.1) is 18.4 Å². The van der Waals surface area contributed by atoms with E-state index in [2.05, 4.69) is 20.6 Å². The van der Waals surface area contributed by atoms with Crippen LogP contribution in [-0.2, 0) is 0 Å². The molecule has 9 heteroatoms. The average molecular weight is 391 g/mol. The number of benzene rings is 2. The van der Waals surface area contributed by atoms with Gasteiger partial charge in [-0.05, 0) is 30.3 Å². The first-order valence-electron chi connectivity index (χ1n) is 7.65. The average Bonchev–Trinajstić information content (AvgIpc) is 2.65. The summed E-state index contributed by atoms with van der Waals surface area (Å²) in [5.41, 5.74) is 0.817. The number of carbonyl (C=O) groups is 1. The predicted octanol–water partition coefficient (Wildman–Crippen LogP) is 4.41. The first-order valence-corrected chi connectivity index (χ1v) is 8.03. The summed E-state index contributed by atoms with van der Waals surface area (Å²) in [5.74, 6) is -1.85. The lowest BCUT2D eigenvalue weighted by molar-refractivity contribution is 0.102. The number of amides is 1. The van der Waals surface area contributed by atoms with E-state index in [1.54, 1.807) is 18.2 Å². The van der Waals surface area contributed by atoms with Gasteiger partial charge in [0.15, 0.2) is 11.6 Å². The first kappa shape index (κ1) is 18.5. The Morgan fingerprint density at radius 2 is 1.81 bits per heavy atom. The Hall–Kier alpha value is -3.26.